The van der Waals surface area contributed by atoms with E-state index in [9.17, 15) is 41.5 Å². The second-order valence-electron chi connectivity index (χ2n) is 8.01. The number of likely N-dealkylation sites (tertiary alicyclic amines) is 1. The smallest absolute Gasteiger partial charge is 0.425 e. The number of rotatable bonds is 7. The lowest BCUT2D eigenvalue weighted by Crippen LogP contribution is -2.42. The van der Waals surface area contributed by atoms with E-state index in [4.69, 9.17) is 22.1 Å². The number of nitrogens with zero attached hydrogens (tertiary/aromatic N) is 2. The maximum Gasteiger partial charge on any atom is 0.425 e. The molecule has 1 aliphatic carbocycles. The van der Waals surface area contributed by atoms with Gasteiger partial charge >= 0.3 is 12.1 Å². The number of carboxylic acids is 1. The van der Waals surface area contributed by atoms with Crippen molar-refractivity contribution in [3.63, 3.8) is 0 Å². The number of alkyl halides is 3. The number of carbonyl (C=O) groups is 2. The van der Waals surface area contributed by atoms with Gasteiger partial charge in [0.1, 0.15) is 11.8 Å². The molecule has 3 unspecified atom stereocenters. The highest BCUT2D eigenvalue weighted by molar-refractivity contribution is 7.92. The van der Waals surface area contributed by atoms with Crippen molar-refractivity contribution in [1.29, 1.82) is 5.26 Å². The van der Waals surface area contributed by atoms with Crippen LogP contribution in [-0.4, -0.2) is 66.5 Å². The molecule has 3 rings (SSSR count). The molecule has 1 aromatic rings. The number of sulfone groups is 1. The predicted octanol–water partition coefficient (Wildman–Crippen LogP) is 1.74. The van der Waals surface area contributed by atoms with Gasteiger partial charge < -0.3 is 15.6 Å². The molecule has 1 saturated heterocycles. The lowest BCUT2D eigenvalue weighted by molar-refractivity contribution is -0.189. The molecular formula is C19H19ClF3N3O6S. The van der Waals surface area contributed by atoms with Gasteiger partial charge in [-0.15, -0.1) is 0 Å². The minimum atomic E-state index is -4.64. The molecule has 1 heterocycles. The Kier molecular flexibility index (Phi) is 6.33. The quantitative estimate of drug-likeness (QED) is 0.564. The number of nitrogens with two attached hydrogens (primary N) is 1. The van der Waals surface area contributed by atoms with E-state index in [2.05, 4.69) is 0 Å². The van der Waals surface area contributed by atoms with Gasteiger partial charge in [-0.25, -0.2) is 8.42 Å². The van der Waals surface area contributed by atoms with Crippen LogP contribution in [0.25, 0.3) is 0 Å². The fourth-order valence-corrected chi connectivity index (χ4v) is 6.20. The fourth-order valence-electron chi connectivity index (χ4n) is 3.96. The van der Waals surface area contributed by atoms with Crippen LogP contribution in [0.3, 0.4) is 0 Å². The molecule has 0 radical (unpaired) electrons. The summed E-state index contributed by atoms with van der Waals surface area (Å²) < 4.78 is 69.2. The zero-order chi connectivity index (χ0) is 24.9. The van der Waals surface area contributed by atoms with Crippen molar-refractivity contribution in [1.82, 2.24) is 4.90 Å². The number of primary amides is 1. The molecule has 14 heteroatoms. The van der Waals surface area contributed by atoms with Crippen LogP contribution in [0.5, 0.6) is 5.75 Å². The summed E-state index contributed by atoms with van der Waals surface area (Å²) in [5, 5.41) is 17.2. The third-order valence-electron chi connectivity index (χ3n) is 5.97. The predicted molar refractivity (Wildman–Crippen MR) is 107 cm³/mol. The van der Waals surface area contributed by atoms with Crippen LogP contribution in [0.15, 0.2) is 23.1 Å². The summed E-state index contributed by atoms with van der Waals surface area (Å²) in [6.07, 6.45) is -7.14. The van der Waals surface area contributed by atoms with Gasteiger partial charge in [0, 0.05) is 18.7 Å². The number of halogens is 4. The van der Waals surface area contributed by atoms with Gasteiger partial charge in [0.2, 0.25) is 5.91 Å². The Labute approximate surface area is 191 Å². The van der Waals surface area contributed by atoms with Gasteiger partial charge in [-0.1, -0.05) is 11.6 Å². The number of carbonyl (C=O) groups excluding carboxylic acids is 1. The number of amides is 1. The molecule has 1 aliphatic heterocycles. The van der Waals surface area contributed by atoms with Crippen LogP contribution in [0.2, 0.25) is 5.02 Å². The molecule has 1 amide bonds. The Morgan fingerprint density at radius 1 is 1.42 bits per heavy atom. The summed E-state index contributed by atoms with van der Waals surface area (Å²) in [6.45, 7) is 0.489. The molecule has 9 nitrogen and oxygen atoms in total. The second-order valence-corrected chi connectivity index (χ2v) is 10.6. The summed E-state index contributed by atoms with van der Waals surface area (Å²) in [4.78, 5) is 24.3. The first-order chi connectivity index (χ1) is 15.1. The van der Waals surface area contributed by atoms with Gasteiger partial charge in [-0.05, 0) is 31.9 Å². The summed E-state index contributed by atoms with van der Waals surface area (Å²) in [7, 11) is -4.23. The molecule has 0 spiro atoms. The Morgan fingerprint density at radius 2 is 2.06 bits per heavy atom. The molecule has 3 N–H and O–H groups in total. The van der Waals surface area contributed by atoms with Crippen LogP contribution in [0, 0.1) is 16.7 Å². The maximum atomic E-state index is 13.2. The van der Waals surface area contributed by atoms with Crippen molar-refractivity contribution < 1.29 is 41.0 Å². The lowest BCUT2D eigenvalue weighted by Gasteiger charge is -2.22. The number of benzene rings is 1. The SMILES string of the molecule is CC(Oc1ccc(S(=O)(=O)[C@@H]2C[C@@H](C(=O)O)N(C3CC3(C#N)C(N)=O)C2)c(Cl)c1)C(F)(F)F. The average Bonchev–Trinajstić information content (AvgIpc) is 3.27. The number of carboxylic acid groups (broad SMARTS) is 1. The Balaban J connectivity index is 1.85. The first-order valence-corrected chi connectivity index (χ1v) is 11.5. The van der Waals surface area contributed by atoms with Gasteiger partial charge in [0.25, 0.3) is 0 Å². The molecule has 1 aromatic carbocycles. The molecule has 2 fully saturated rings. The van der Waals surface area contributed by atoms with Gasteiger partial charge in [-0.3, -0.25) is 14.5 Å². The topological polar surface area (TPSA) is 151 Å². The van der Waals surface area contributed by atoms with E-state index in [0.717, 1.165) is 25.1 Å². The highest BCUT2D eigenvalue weighted by Gasteiger charge is 2.66. The van der Waals surface area contributed by atoms with E-state index < -0.39 is 61.6 Å². The number of nitriles is 1. The monoisotopic (exact) mass is 509 g/mol. The first kappa shape index (κ1) is 25.1. The van der Waals surface area contributed by atoms with Crippen molar-refractivity contribution in [2.24, 2.45) is 11.1 Å². The zero-order valence-electron chi connectivity index (χ0n) is 17.0. The number of hydrogen-bond acceptors (Lipinski definition) is 7. The summed E-state index contributed by atoms with van der Waals surface area (Å²) >= 11 is 6.03. The van der Waals surface area contributed by atoms with Crippen LogP contribution in [0.1, 0.15) is 19.8 Å². The minimum absolute atomic E-state index is 0.0143. The van der Waals surface area contributed by atoms with E-state index in [1.807, 2.05) is 0 Å². The van der Waals surface area contributed by atoms with E-state index >= 15 is 0 Å². The maximum absolute atomic E-state index is 13.2. The third-order valence-corrected chi connectivity index (χ3v) is 8.59. The molecule has 33 heavy (non-hydrogen) atoms. The molecule has 0 aromatic heterocycles. The zero-order valence-corrected chi connectivity index (χ0v) is 18.6. The van der Waals surface area contributed by atoms with Crippen molar-refractivity contribution in [3.05, 3.63) is 23.2 Å². The molecule has 2 aliphatic rings. The van der Waals surface area contributed by atoms with Crippen LogP contribution in [-0.2, 0) is 19.4 Å². The number of ether oxygens (including phenoxy) is 1. The highest BCUT2D eigenvalue weighted by Crippen LogP contribution is 2.51. The molecular weight excluding hydrogens is 491 g/mol. The standard InChI is InChI=1S/C19H19ClF3N3O6S/c1-9(19(21,22)23)32-10-2-3-14(12(20)4-10)33(30,31)11-5-13(16(27)28)26(7-11)15-6-18(15,8-24)17(25)29/h2-4,9,11,13,15H,5-7H2,1H3,(H2,25,29)(H,27,28)/t9?,11-,13+,15?,18?/m1/s1. The summed E-state index contributed by atoms with van der Waals surface area (Å²) in [6, 6.07) is 2.63. The number of hydrogen-bond donors (Lipinski definition) is 2. The van der Waals surface area contributed by atoms with Crippen molar-refractivity contribution in [2.45, 2.75) is 54.3 Å². The van der Waals surface area contributed by atoms with E-state index in [1.165, 1.54) is 4.90 Å². The summed E-state index contributed by atoms with van der Waals surface area (Å²) in [5.41, 5.74) is 3.69. The second kappa shape index (κ2) is 8.34. The van der Waals surface area contributed by atoms with Crippen LogP contribution in [0.4, 0.5) is 13.2 Å². The van der Waals surface area contributed by atoms with Gasteiger partial charge in [-0.2, -0.15) is 18.4 Å². The van der Waals surface area contributed by atoms with Crippen molar-refractivity contribution in [3.8, 4) is 11.8 Å². The Bertz CT molecular complexity index is 1140. The van der Waals surface area contributed by atoms with Crippen LogP contribution >= 0.6 is 11.6 Å². The van der Waals surface area contributed by atoms with Crippen molar-refractivity contribution in [2.75, 3.05) is 6.54 Å². The van der Waals surface area contributed by atoms with E-state index in [-0.39, 0.29) is 30.2 Å². The average molecular weight is 510 g/mol. The van der Waals surface area contributed by atoms with E-state index in [1.54, 1.807) is 6.07 Å². The van der Waals surface area contributed by atoms with Gasteiger partial charge in [0.05, 0.1) is 21.2 Å². The largest absolute Gasteiger partial charge is 0.481 e. The fraction of sp³-hybridized carbons (Fsp3) is 0.526. The number of aliphatic carboxylic acids is 1. The lowest BCUT2D eigenvalue weighted by atomic mass is 10.1. The molecule has 0 bridgehead atoms. The Morgan fingerprint density at radius 3 is 2.52 bits per heavy atom. The highest BCUT2D eigenvalue weighted by atomic mass is 35.5. The first-order valence-electron chi connectivity index (χ1n) is 9.61. The summed E-state index contributed by atoms with van der Waals surface area (Å²) in [5.74, 6) is -2.54. The molecule has 1 saturated carbocycles. The Hall–Kier alpha value is -2.56. The molecule has 180 valence electrons. The van der Waals surface area contributed by atoms with Gasteiger partial charge in [0.15, 0.2) is 21.4 Å². The van der Waals surface area contributed by atoms with Crippen LogP contribution < -0.4 is 10.5 Å². The normalized spacial score (nSPS) is 28.7. The third kappa shape index (κ3) is 4.47. The minimum Gasteiger partial charge on any atom is -0.481 e. The van der Waals surface area contributed by atoms with E-state index in [0.29, 0.717) is 0 Å². The molecule has 5 atom stereocenters. The van der Waals surface area contributed by atoms with Crippen molar-refractivity contribution >= 4 is 33.3 Å².